The highest BCUT2D eigenvalue weighted by Crippen LogP contribution is 2.23. The molecule has 0 N–H and O–H groups in total. The van der Waals surface area contributed by atoms with Gasteiger partial charge in [0.25, 0.3) is 5.91 Å². The minimum Gasteiger partial charge on any atom is -0.491 e. The lowest BCUT2D eigenvalue weighted by Gasteiger charge is -2.16. The van der Waals surface area contributed by atoms with Crippen LogP contribution in [0.3, 0.4) is 0 Å². The third-order valence-electron chi connectivity index (χ3n) is 3.96. The number of ether oxygens (including phenoxy) is 1. The molecule has 5 heteroatoms. The number of benzene rings is 1. The van der Waals surface area contributed by atoms with Crippen LogP contribution in [0.5, 0.6) is 5.75 Å². The second-order valence-electron chi connectivity index (χ2n) is 5.49. The Morgan fingerprint density at radius 2 is 2.23 bits per heavy atom. The van der Waals surface area contributed by atoms with Crippen LogP contribution in [0.1, 0.15) is 23.2 Å². The molecule has 0 saturated carbocycles. The molecule has 0 radical (unpaired) electrons. The zero-order valence-electron chi connectivity index (χ0n) is 12.2. The number of hydrogen-bond acceptors (Lipinski definition) is 3. The Morgan fingerprint density at radius 1 is 1.36 bits per heavy atom. The fourth-order valence-electron chi connectivity index (χ4n) is 2.72. The molecule has 3 rings (SSSR count). The van der Waals surface area contributed by atoms with Gasteiger partial charge in [-0.1, -0.05) is 12.1 Å². The van der Waals surface area contributed by atoms with Gasteiger partial charge in [-0.25, -0.2) is 4.39 Å². The Bertz CT molecular complexity index is 629. The summed E-state index contributed by atoms with van der Waals surface area (Å²) < 4.78 is 18.9. The van der Waals surface area contributed by atoms with Gasteiger partial charge in [0, 0.05) is 18.5 Å². The number of carbonyl (C=O) groups excluding carboxylic acids is 1. The van der Waals surface area contributed by atoms with E-state index in [0.717, 1.165) is 31.5 Å². The van der Waals surface area contributed by atoms with Crippen LogP contribution in [0.15, 0.2) is 41.1 Å². The first kappa shape index (κ1) is 15.0. The van der Waals surface area contributed by atoms with Crippen LogP contribution in [0, 0.1) is 11.7 Å². The summed E-state index contributed by atoms with van der Waals surface area (Å²) in [5.41, 5.74) is 0.772. The van der Waals surface area contributed by atoms with Crippen molar-refractivity contribution in [2.24, 2.45) is 5.92 Å². The fraction of sp³-hybridized carbons (Fsp3) is 0.353. The zero-order valence-corrected chi connectivity index (χ0v) is 13.0. The molecule has 0 spiro atoms. The molecular formula is C17H18FNO2S. The molecule has 0 bridgehead atoms. The number of hydrogen-bond donors (Lipinski definition) is 0. The molecule has 1 aromatic heterocycles. The number of likely N-dealkylation sites (tertiary alicyclic amines) is 1. The molecule has 2 aromatic rings. The lowest BCUT2D eigenvalue weighted by Crippen LogP contribution is -2.28. The Kier molecular flexibility index (Phi) is 4.73. The van der Waals surface area contributed by atoms with Crippen molar-refractivity contribution in [3.05, 3.63) is 52.5 Å². The van der Waals surface area contributed by atoms with Crippen molar-refractivity contribution < 1.29 is 13.9 Å². The summed E-state index contributed by atoms with van der Waals surface area (Å²) in [4.78, 5) is 14.1. The quantitative estimate of drug-likeness (QED) is 0.838. The van der Waals surface area contributed by atoms with E-state index in [1.807, 2.05) is 21.7 Å². The standard InChI is InChI=1S/C17H18FNO2S/c18-15-3-1-2-4-16(15)21-9-6-13-5-8-19(11-13)17(20)14-7-10-22-12-14/h1-4,7,10,12-13H,5-6,8-9,11H2. The molecule has 1 unspecified atom stereocenters. The van der Waals surface area contributed by atoms with Crippen LogP contribution < -0.4 is 4.74 Å². The molecule has 1 aliphatic heterocycles. The highest BCUT2D eigenvalue weighted by atomic mass is 32.1. The van der Waals surface area contributed by atoms with Crippen molar-refractivity contribution in [1.29, 1.82) is 0 Å². The average molecular weight is 319 g/mol. The minimum atomic E-state index is -0.330. The summed E-state index contributed by atoms with van der Waals surface area (Å²) in [7, 11) is 0. The highest BCUT2D eigenvalue weighted by molar-refractivity contribution is 7.08. The second-order valence-corrected chi connectivity index (χ2v) is 6.27. The predicted molar refractivity (Wildman–Crippen MR) is 84.8 cm³/mol. The molecule has 116 valence electrons. The van der Waals surface area contributed by atoms with Crippen LogP contribution in [-0.4, -0.2) is 30.5 Å². The SMILES string of the molecule is O=C(c1ccsc1)N1CCC(CCOc2ccccc2F)C1. The van der Waals surface area contributed by atoms with Gasteiger partial charge in [0.15, 0.2) is 11.6 Å². The number of para-hydroxylation sites is 1. The zero-order chi connectivity index (χ0) is 15.4. The Labute approximate surface area is 133 Å². The molecule has 1 saturated heterocycles. The number of thiophene rings is 1. The summed E-state index contributed by atoms with van der Waals surface area (Å²) in [6, 6.07) is 8.30. The van der Waals surface area contributed by atoms with E-state index in [-0.39, 0.29) is 11.7 Å². The summed E-state index contributed by atoms with van der Waals surface area (Å²) in [5.74, 6) is 0.503. The van der Waals surface area contributed by atoms with Gasteiger partial charge in [0.1, 0.15) is 0 Å². The van der Waals surface area contributed by atoms with Crippen LogP contribution in [0.4, 0.5) is 4.39 Å². The second kappa shape index (κ2) is 6.92. The number of carbonyl (C=O) groups is 1. The third-order valence-corrected chi connectivity index (χ3v) is 4.64. The van der Waals surface area contributed by atoms with E-state index in [4.69, 9.17) is 4.74 Å². The summed E-state index contributed by atoms with van der Waals surface area (Å²) in [5, 5.41) is 3.81. The van der Waals surface area contributed by atoms with Crippen molar-refractivity contribution in [1.82, 2.24) is 4.90 Å². The Balaban J connectivity index is 1.45. The minimum absolute atomic E-state index is 0.110. The van der Waals surface area contributed by atoms with E-state index in [9.17, 15) is 9.18 Å². The van der Waals surface area contributed by atoms with E-state index in [2.05, 4.69) is 0 Å². The molecule has 1 fully saturated rings. The molecule has 1 aromatic carbocycles. The fourth-order valence-corrected chi connectivity index (χ4v) is 3.35. The normalized spacial score (nSPS) is 17.7. The van der Waals surface area contributed by atoms with Gasteiger partial charge in [0.05, 0.1) is 12.2 Å². The molecule has 0 aliphatic carbocycles. The highest BCUT2D eigenvalue weighted by Gasteiger charge is 2.26. The van der Waals surface area contributed by atoms with Crippen molar-refractivity contribution in [2.45, 2.75) is 12.8 Å². The molecule has 1 aliphatic rings. The monoisotopic (exact) mass is 319 g/mol. The Morgan fingerprint density at radius 3 is 3.00 bits per heavy atom. The van der Waals surface area contributed by atoms with E-state index in [1.54, 1.807) is 18.2 Å². The van der Waals surface area contributed by atoms with Crippen LogP contribution in [0.25, 0.3) is 0 Å². The van der Waals surface area contributed by atoms with Crippen molar-refractivity contribution >= 4 is 17.2 Å². The number of amides is 1. The summed E-state index contributed by atoms with van der Waals surface area (Å²) in [6.07, 6.45) is 1.82. The molecule has 1 atom stereocenters. The van der Waals surface area contributed by atoms with Gasteiger partial charge >= 0.3 is 0 Å². The predicted octanol–water partition coefficient (Wildman–Crippen LogP) is 3.82. The van der Waals surface area contributed by atoms with Crippen LogP contribution >= 0.6 is 11.3 Å². The van der Waals surface area contributed by atoms with Gasteiger partial charge < -0.3 is 9.64 Å². The molecule has 2 heterocycles. The van der Waals surface area contributed by atoms with E-state index in [1.165, 1.54) is 17.4 Å². The van der Waals surface area contributed by atoms with Crippen LogP contribution in [0.2, 0.25) is 0 Å². The number of nitrogens with zero attached hydrogens (tertiary/aromatic N) is 1. The average Bonchev–Trinajstić information content (AvgIpc) is 3.20. The van der Waals surface area contributed by atoms with Crippen LogP contribution in [-0.2, 0) is 0 Å². The third kappa shape index (κ3) is 3.47. The van der Waals surface area contributed by atoms with E-state index in [0.29, 0.717) is 18.3 Å². The lowest BCUT2D eigenvalue weighted by molar-refractivity contribution is 0.0786. The maximum absolute atomic E-state index is 13.4. The van der Waals surface area contributed by atoms with Crippen molar-refractivity contribution in [2.75, 3.05) is 19.7 Å². The van der Waals surface area contributed by atoms with Gasteiger partial charge in [-0.05, 0) is 42.3 Å². The van der Waals surface area contributed by atoms with Gasteiger partial charge in [-0.2, -0.15) is 11.3 Å². The lowest BCUT2D eigenvalue weighted by atomic mass is 10.1. The largest absolute Gasteiger partial charge is 0.491 e. The molecular weight excluding hydrogens is 301 g/mol. The topological polar surface area (TPSA) is 29.5 Å². The van der Waals surface area contributed by atoms with E-state index < -0.39 is 0 Å². The number of rotatable bonds is 5. The smallest absolute Gasteiger partial charge is 0.254 e. The first-order chi connectivity index (χ1) is 10.7. The maximum Gasteiger partial charge on any atom is 0.254 e. The van der Waals surface area contributed by atoms with Crippen molar-refractivity contribution in [3.8, 4) is 5.75 Å². The van der Waals surface area contributed by atoms with Gasteiger partial charge in [-0.15, -0.1) is 0 Å². The Hall–Kier alpha value is -1.88. The van der Waals surface area contributed by atoms with Crippen molar-refractivity contribution in [3.63, 3.8) is 0 Å². The van der Waals surface area contributed by atoms with Gasteiger partial charge in [0.2, 0.25) is 0 Å². The maximum atomic E-state index is 13.4. The molecule has 22 heavy (non-hydrogen) atoms. The molecule has 1 amide bonds. The summed E-state index contributed by atoms with van der Waals surface area (Å²) >= 11 is 1.54. The van der Waals surface area contributed by atoms with Gasteiger partial charge in [-0.3, -0.25) is 4.79 Å². The first-order valence-electron chi connectivity index (χ1n) is 7.43. The number of halogens is 1. The first-order valence-corrected chi connectivity index (χ1v) is 8.37. The summed E-state index contributed by atoms with van der Waals surface area (Å²) in [6.45, 7) is 2.03. The molecule has 3 nitrogen and oxygen atoms in total. The van der Waals surface area contributed by atoms with E-state index >= 15 is 0 Å².